The van der Waals surface area contributed by atoms with E-state index in [0.717, 1.165) is 6.54 Å². The number of nitrogens with one attached hydrogen (secondary N) is 2. The van der Waals surface area contributed by atoms with Gasteiger partial charge < -0.3 is 15.4 Å². The Labute approximate surface area is 121 Å². The highest BCUT2D eigenvalue weighted by atomic mass is 16.5. The number of carbonyl (C=O) groups excluding carboxylic acids is 1. The van der Waals surface area contributed by atoms with E-state index in [9.17, 15) is 4.79 Å². The van der Waals surface area contributed by atoms with Crippen LogP contribution in [-0.2, 0) is 4.74 Å². The molecule has 0 spiro atoms. The summed E-state index contributed by atoms with van der Waals surface area (Å²) in [7, 11) is 0. The van der Waals surface area contributed by atoms with Gasteiger partial charge in [0, 0.05) is 19.3 Å². The van der Waals surface area contributed by atoms with Gasteiger partial charge >= 0.3 is 0 Å². The molecule has 1 heterocycles. The SMILES string of the molecule is CCNc1ncccc1C(=O)NC(COCC)C(C)C. The molecule has 0 saturated heterocycles. The van der Waals surface area contributed by atoms with Gasteiger partial charge in [-0.1, -0.05) is 13.8 Å². The number of carbonyl (C=O) groups is 1. The average molecular weight is 279 g/mol. The minimum atomic E-state index is -0.118. The summed E-state index contributed by atoms with van der Waals surface area (Å²) in [6.07, 6.45) is 1.68. The number of hydrogen-bond acceptors (Lipinski definition) is 4. The van der Waals surface area contributed by atoms with Gasteiger partial charge in [0.15, 0.2) is 0 Å². The van der Waals surface area contributed by atoms with Gasteiger partial charge in [-0.25, -0.2) is 4.98 Å². The highest BCUT2D eigenvalue weighted by Crippen LogP contribution is 2.12. The van der Waals surface area contributed by atoms with Crippen LogP contribution in [0.5, 0.6) is 0 Å². The first-order chi connectivity index (χ1) is 9.60. The van der Waals surface area contributed by atoms with Crippen LogP contribution in [0.4, 0.5) is 5.82 Å². The van der Waals surface area contributed by atoms with E-state index in [-0.39, 0.29) is 11.9 Å². The zero-order valence-electron chi connectivity index (χ0n) is 12.8. The molecule has 0 aliphatic heterocycles. The van der Waals surface area contributed by atoms with Gasteiger partial charge in [-0.3, -0.25) is 4.79 Å². The number of anilines is 1. The average Bonchev–Trinajstić information content (AvgIpc) is 2.43. The maximum absolute atomic E-state index is 12.4. The Morgan fingerprint density at radius 2 is 2.15 bits per heavy atom. The minimum absolute atomic E-state index is 0.00265. The fourth-order valence-electron chi connectivity index (χ4n) is 1.79. The van der Waals surface area contributed by atoms with Crippen LogP contribution in [0.3, 0.4) is 0 Å². The molecule has 0 bridgehead atoms. The van der Waals surface area contributed by atoms with Crippen molar-refractivity contribution in [3.05, 3.63) is 23.9 Å². The lowest BCUT2D eigenvalue weighted by atomic mass is 10.0. The third-order valence-corrected chi connectivity index (χ3v) is 3.02. The van der Waals surface area contributed by atoms with Gasteiger partial charge in [0.05, 0.1) is 18.2 Å². The third-order valence-electron chi connectivity index (χ3n) is 3.02. The summed E-state index contributed by atoms with van der Waals surface area (Å²) in [5, 5.41) is 6.12. The Morgan fingerprint density at radius 1 is 1.40 bits per heavy atom. The molecule has 0 saturated carbocycles. The third kappa shape index (κ3) is 4.81. The summed E-state index contributed by atoms with van der Waals surface area (Å²) >= 11 is 0. The summed E-state index contributed by atoms with van der Waals surface area (Å²) in [4.78, 5) is 16.6. The predicted octanol–water partition coefficient (Wildman–Crippen LogP) is 2.30. The summed E-state index contributed by atoms with van der Waals surface area (Å²) in [6, 6.07) is 3.54. The van der Waals surface area contributed by atoms with Crippen LogP contribution < -0.4 is 10.6 Å². The number of amides is 1. The Hall–Kier alpha value is -1.62. The maximum Gasteiger partial charge on any atom is 0.255 e. The van der Waals surface area contributed by atoms with Crippen molar-refractivity contribution in [2.24, 2.45) is 5.92 Å². The van der Waals surface area contributed by atoms with Gasteiger partial charge in [0.25, 0.3) is 5.91 Å². The zero-order chi connectivity index (χ0) is 15.0. The lowest BCUT2D eigenvalue weighted by Gasteiger charge is -2.22. The van der Waals surface area contributed by atoms with Crippen molar-refractivity contribution < 1.29 is 9.53 Å². The second-order valence-corrected chi connectivity index (χ2v) is 4.91. The van der Waals surface area contributed by atoms with E-state index in [1.807, 2.05) is 13.8 Å². The lowest BCUT2D eigenvalue weighted by molar-refractivity contribution is 0.0806. The summed E-state index contributed by atoms with van der Waals surface area (Å²) in [5.41, 5.74) is 0.566. The largest absolute Gasteiger partial charge is 0.380 e. The lowest BCUT2D eigenvalue weighted by Crippen LogP contribution is -2.42. The fourth-order valence-corrected chi connectivity index (χ4v) is 1.79. The van der Waals surface area contributed by atoms with Gasteiger partial charge in [0.1, 0.15) is 5.82 Å². The Balaban J connectivity index is 2.78. The first-order valence-corrected chi connectivity index (χ1v) is 7.17. The number of pyridine rings is 1. The van der Waals surface area contributed by atoms with E-state index in [0.29, 0.717) is 30.5 Å². The van der Waals surface area contributed by atoms with Gasteiger partial charge in [-0.2, -0.15) is 0 Å². The quantitative estimate of drug-likeness (QED) is 0.766. The summed E-state index contributed by atoms with van der Waals surface area (Å²) in [6.45, 7) is 9.96. The van der Waals surface area contributed by atoms with Crippen molar-refractivity contribution in [3.8, 4) is 0 Å². The second-order valence-electron chi connectivity index (χ2n) is 4.91. The van der Waals surface area contributed by atoms with Crippen molar-refractivity contribution in [1.82, 2.24) is 10.3 Å². The normalized spacial score (nSPS) is 12.2. The Morgan fingerprint density at radius 3 is 2.75 bits per heavy atom. The van der Waals surface area contributed by atoms with Crippen molar-refractivity contribution in [2.45, 2.75) is 33.7 Å². The van der Waals surface area contributed by atoms with Gasteiger partial charge in [-0.05, 0) is 31.9 Å². The molecule has 0 radical (unpaired) electrons. The molecule has 1 aromatic rings. The monoisotopic (exact) mass is 279 g/mol. The Kier molecular flexibility index (Phi) is 7.01. The zero-order valence-corrected chi connectivity index (χ0v) is 12.8. The molecule has 1 amide bonds. The second kappa shape index (κ2) is 8.53. The first-order valence-electron chi connectivity index (χ1n) is 7.17. The van der Waals surface area contributed by atoms with Crippen LogP contribution in [0.15, 0.2) is 18.3 Å². The molecule has 2 N–H and O–H groups in total. The van der Waals surface area contributed by atoms with Crippen LogP contribution >= 0.6 is 0 Å². The molecule has 20 heavy (non-hydrogen) atoms. The Bertz CT molecular complexity index is 421. The molecule has 1 aromatic heterocycles. The molecule has 112 valence electrons. The molecule has 5 nitrogen and oxygen atoms in total. The molecular weight excluding hydrogens is 254 g/mol. The summed E-state index contributed by atoms with van der Waals surface area (Å²) in [5.74, 6) is 0.809. The molecule has 0 fully saturated rings. The van der Waals surface area contributed by atoms with Gasteiger partial charge in [-0.15, -0.1) is 0 Å². The summed E-state index contributed by atoms with van der Waals surface area (Å²) < 4.78 is 5.43. The standard InChI is InChI=1S/C15H25N3O2/c1-5-16-14-12(8-7-9-17-14)15(19)18-13(11(3)4)10-20-6-2/h7-9,11,13H,5-6,10H2,1-4H3,(H,16,17)(H,18,19). The highest BCUT2D eigenvalue weighted by molar-refractivity contribution is 5.98. The number of rotatable bonds is 8. The van der Waals surface area contributed by atoms with E-state index < -0.39 is 0 Å². The molecular formula is C15H25N3O2. The first kappa shape index (κ1) is 16.4. The molecule has 0 aliphatic carbocycles. The fraction of sp³-hybridized carbons (Fsp3) is 0.600. The number of nitrogens with zero attached hydrogens (tertiary/aromatic N) is 1. The van der Waals surface area contributed by atoms with Crippen molar-refractivity contribution in [3.63, 3.8) is 0 Å². The maximum atomic E-state index is 12.4. The van der Waals surface area contributed by atoms with Crippen molar-refractivity contribution in [2.75, 3.05) is 25.1 Å². The van der Waals surface area contributed by atoms with E-state index in [1.54, 1.807) is 18.3 Å². The van der Waals surface area contributed by atoms with Gasteiger partial charge in [0.2, 0.25) is 0 Å². The number of hydrogen-bond donors (Lipinski definition) is 2. The van der Waals surface area contributed by atoms with Crippen LogP contribution in [0.25, 0.3) is 0 Å². The van der Waals surface area contributed by atoms with Crippen molar-refractivity contribution >= 4 is 11.7 Å². The molecule has 5 heteroatoms. The molecule has 1 rings (SSSR count). The smallest absolute Gasteiger partial charge is 0.255 e. The number of aromatic nitrogens is 1. The molecule has 1 unspecified atom stereocenters. The minimum Gasteiger partial charge on any atom is -0.380 e. The van der Waals surface area contributed by atoms with E-state index >= 15 is 0 Å². The predicted molar refractivity (Wildman–Crippen MR) is 81.0 cm³/mol. The highest BCUT2D eigenvalue weighted by Gasteiger charge is 2.19. The van der Waals surface area contributed by atoms with Crippen LogP contribution in [-0.4, -0.2) is 36.7 Å². The van der Waals surface area contributed by atoms with E-state index in [1.165, 1.54) is 0 Å². The molecule has 0 aliphatic rings. The molecule has 0 aromatic carbocycles. The van der Waals surface area contributed by atoms with Crippen molar-refractivity contribution in [1.29, 1.82) is 0 Å². The molecule has 1 atom stereocenters. The van der Waals surface area contributed by atoms with E-state index in [4.69, 9.17) is 4.74 Å². The number of ether oxygens (including phenoxy) is 1. The van der Waals surface area contributed by atoms with Crippen LogP contribution in [0.2, 0.25) is 0 Å². The van der Waals surface area contributed by atoms with Crippen LogP contribution in [0, 0.1) is 5.92 Å². The van der Waals surface area contributed by atoms with Crippen LogP contribution in [0.1, 0.15) is 38.1 Å². The van der Waals surface area contributed by atoms with E-state index in [2.05, 4.69) is 29.5 Å². The topological polar surface area (TPSA) is 63.2 Å².